The number of carboxylic acid groups (broad SMARTS) is 1. The summed E-state index contributed by atoms with van der Waals surface area (Å²) in [5.41, 5.74) is 3.57. The molecule has 2 rings (SSSR count). The maximum Gasteiger partial charge on any atom is 0.305 e. The quantitative estimate of drug-likeness (QED) is 0.841. The van der Waals surface area contributed by atoms with Crippen molar-refractivity contribution in [3.63, 3.8) is 0 Å². The van der Waals surface area contributed by atoms with Crippen molar-refractivity contribution in [1.29, 1.82) is 0 Å². The van der Waals surface area contributed by atoms with Crippen LogP contribution in [0.4, 0.5) is 5.69 Å². The molecule has 2 aromatic carbocycles. The Balaban J connectivity index is 2.24. The fraction of sp³-hybridized carbons (Fsp3) is 0.278. The summed E-state index contributed by atoms with van der Waals surface area (Å²) in [5.74, 6) is -0.762. The molecule has 0 aliphatic carbocycles. The minimum absolute atomic E-state index is 0.144. The lowest BCUT2D eigenvalue weighted by molar-refractivity contribution is -0.136. The first kappa shape index (κ1) is 15.1. The van der Waals surface area contributed by atoms with E-state index in [0.717, 1.165) is 18.7 Å². The van der Waals surface area contributed by atoms with Crippen molar-refractivity contribution in [1.82, 2.24) is 0 Å². The van der Waals surface area contributed by atoms with Crippen LogP contribution >= 0.6 is 0 Å². The molecule has 0 spiro atoms. The smallest absolute Gasteiger partial charge is 0.305 e. The number of hydrogen-bond acceptors (Lipinski definition) is 2. The molecule has 3 nitrogen and oxygen atoms in total. The highest BCUT2D eigenvalue weighted by molar-refractivity contribution is 5.68. The number of carbonyl (C=O) groups is 1. The average Bonchev–Trinajstić information content (AvgIpc) is 2.52. The Morgan fingerprint density at radius 3 is 2.38 bits per heavy atom. The number of nitrogens with zero attached hydrogens (tertiary/aromatic N) is 1. The zero-order valence-electron chi connectivity index (χ0n) is 12.3. The Kier molecular flexibility index (Phi) is 5.38. The maximum absolute atomic E-state index is 10.9. The third kappa shape index (κ3) is 4.35. The van der Waals surface area contributed by atoms with Crippen molar-refractivity contribution >= 4 is 11.7 Å². The van der Waals surface area contributed by atoms with Gasteiger partial charge in [-0.15, -0.1) is 0 Å². The van der Waals surface area contributed by atoms with E-state index in [4.69, 9.17) is 5.11 Å². The molecule has 0 aliphatic heterocycles. The zero-order chi connectivity index (χ0) is 15.1. The van der Waals surface area contributed by atoms with Gasteiger partial charge in [0.2, 0.25) is 0 Å². The van der Waals surface area contributed by atoms with Crippen molar-refractivity contribution < 1.29 is 9.90 Å². The molecule has 0 radical (unpaired) electrons. The Labute approximate surface area is 125 Å². The van der Waals surface area contributed by atoms with Crippen LogP contribution in [0.1, 0.15) is 24.5 Å². The summed E-state index contributed by atoms with van der Waals surface area (Å²) in [6, 6.07) is 18.4. The fourth-order valence-electron chi connectivity index (χ4n) is 2.44. The molecule has 21 heavy (non-hydrogen) atoms. The van der Waals surface area contributed by atoms with Crippen LogP contribution in [0.25, 0.3) is 0 Å². The fourth-order valence-corrected chi connectivity index (χ4v) is 2.44. The maximum atomic E-state index is 10.9. The first-order valence-corrected chi connectivity index (χ1v) is 7.29. The van der Waals surface area contributed by atoms with E-state index in [1.54, 1.807) is 0 Å². The van der Waals surface area contributed by atoms with E-state index in [1.165, 1.54) is 11.1 Å². The topological polar surface area (TPSA) is 40.5 Å². The molecule has 0 heterocycles. The van der Waals surface area contributed by atoms with E-state index in [-0.39, 0.29) is 6.42 Å². The number of aryl methyl sites for hydroxylation is 1. The predicted molar refractivity (Wildman–Crippen MR) is 85.6 cm³/mol. The molecule has 110 valence electrons. The van der Waals surface area contributed by atoms with Gasteiger partial charge < -0.3 is 10.0 Å². The number of aliphatic carboxylic acids is 1. The molecule has 0 fully saturated rings. The van der Waals surface area contributed by atoms with Crippen LogP contribution in [0, 0.1) is 0 Å². The highest BCUT2D eigenvalue weighted by atomic mass is 16.4. The number of para-hydroxylation sites is 1. The van der Waals surface area contributed by atoms with Gasteiger partial charge in [0.05, 0.1) is 6.42 Å². The van der Waals surface area contributed by atoms with Gasteiger partial charge in [-0.3, -0.25) is 4.79 Å². The number of hydrogen-bond donors (Lipinski definition) is 1. The molecule has 0 amide bonds. The van der Waals surface area contributed by atoms with Crippen LogP contribution in [0.3, 0.4) is 0 Å². The largest absolute Gasteiger partial charge is 0.481 e. The second-order valence-corrected chi connectivity index (χ2v) is 5.03. The molecule has 0 unspecified atom stereocenters. The number of anilines is 1. The number of benzene rings is 2. The van der Waals surface area contributed by atoms with Gasteiger partial charge in [-0.1, -0.05) is 55.5 Å². The van der Waals surface area contributed by atoms with Gasteiger partial charge >= 0.3 is 5.97 Å². The van der Waals surface area contributed by atoms with Gasteiger partial charge in [0, 0.05) is 18.8 Å². The highest BCUT2D eigenvalue weighted by Gasteiger charge is 2.12. The minimum atomic E-state index is -0.762. The van der Waals surface area contributed by atoms with E-state index in [0.29, 0.717) is 6.54 Å². The average molecular weight is 283 g/mol. The normalized spacial score (nSPS) is 10.3. The molecular formula is C18H21NO2. The molecule has 0 atom stereocenters. The van der Waals surface area contributed by atoms with E-state index in [9.17, 15) is 4.79 Å². The Morgan fingerprint density at radius 2 is 1.71 bits per heavy atom. The van der Waals surface area contributed by atoms with Crippen LogP contribution in [0.15, 0.2) is 54.6 Å². The van der Waals surface area contributed by atoms with Crippen LogP contribution in [-0.4, -0.2) is 17.6 Å². The summed E-state index contributed by atoms with van der Waals surface area (Å²) < 4.78 is 0. The van der Waals surface area contributed by atoms with E-state index in [2.05, 4.69) is 36.1 Å². The predicted octanol–water partition coefficient (Wildman–Crippen LogP) is 3.73. The molecule has 1 N–H and O–H groups in total. The summed E-state index contributed by atoms with van der Waals surface area (Å²) in [6.07, 6.45) is 1.08. The second-order valence-electron chi connectivity index (χ2n) is 5.03. The van der Waals surface area contributed by atoms with Gasteiger partial charge in [0.1, 0.15) is 0 Å². The molecule has 0 aromatic heterocycles. The van der Waals surface area contributed by atoms with Crippen molar-refractivity contribution in [2.45, 2.75) is 26.3 Å². The van der Waals surface area contributed by atoms with Crippen LogP contribution in [0.5, 0.6) is 0 Å². The monoisotopic (exact) mass is 283 g/mol. The van der Waals surface area contributed by atoms with Gasteiger partial charge in [-0.25, -0.2) is 0 Å². The first-order valence-electron chi connectivity index (χ1n) is 7.29. The lowest BCUT2D eigenvalue weighted by Crippen LogP contribution is -2.26. The molecular weight excluding hydrogens is 262 g/mol. The number of rotatable bonds is 7. The molecule has 0 saturated heterocycles. The van der Waals surface area contributed by atoms with E-state index < -0.39 is 5.97 Å². The summed E-state index contributed by atoms with van der Waals surface area (Å²) in [5, 5.41) is 8.98. The van der Waals surface area contributed by atoms with Crippen molar-refractivity contribution in [2.24, 2.45) is 0 Å². The summed E-state index contributed by atoms with van der Waals surface area (Å²) >= 11 is 0. The van der Waals surface area contributed by atoms with Gasteiger partial charge in [0.15, 0.2) is 0 Å². The first-order chi connectivity index (χ1) is 10.2. The SMILES string of the molecule is CCc1ccccc1N(CCC(=O)O)Cc1ccccc1. The van der Waals surface area contributed by atoms with E-state index >= 15 is 0 Å². The Bertz CT molecular complexity index is 581. The summed E-state index contributed by atoms with van der Waals surface area (Å²) in [6.45, 7) is 3.36. The Morgan fingerprint density at radius 1 is 1.05 bits per heavy atom. The molecule has 0 bridgehead atoms. The third-order valence-electron chi connectivity index (χ3n) is 3.53. The van der Waals surface area contributed by atoms with Crippen LogP contribution in [-0.2, 0) is 17.8 Å². The van der Waals surface area contributed by atoms with Crippen molar-refractivity contribution in [3.8, 4) is 0 Å². The summed E-state index contributed by atoms with van der Waals surface area (Å²) in [4.78, 5) is 13.1. The van der Waals surface area contributed by atoms with Crippen molar-refractivity contribution in [3.05, 3.63) is 65.7 Å². The highest BCUT2D eigenvalue weighted by Crippen LogP contribution is 2.23. The standard InChI is InChI=1S/C18H21NO2/c1-2-16-10-6-7-11-17(16)19(13-12-18(20)21)14-15-8-4-3-5-9-15/h3-11H,2,12-14H2,1H3,(H,20,21). The lowest BCUT2D eigenvalue weighted by Gasteiger charge is -2.26. The number of carboxylic acids is 1. The summed E-state index contributed by atoms with van der Waals surface area (Å²) in [7, 11) is 0. The van der Waals surface area contributed by atoms with Crippen LogP contribution in [0.2, 0.25) is 0 Å². The minimum Gasteiger partial charge on any atom is -0.481 e. The Hall–Kier alpha value is -2.29. The second kappa shape index (κ2) is 7.48. The van der Waals surface area contributed by atoms with Crippen molar-refractivity contribution in [2.75, 3.05) is 11.4 Å². The molecule has 3 heteroatoms. The third-order valence-corrected chi connectivity index (χ3v) is 3.53. The van der Waals surface area contributed by atoms with Gasteiger partial charge in [-0.2, -0.15) is 0 Å². The van der Waals surface area contributed by atoms with Gasteiger partial charge in [-0.05, 0) is 23.6 Å². The lowest BCUT2D eigenvalue weighted by atomic mass is 10.1. The van der Waals surface area contributed by atoms with Gasteiger partial charge in [0.25, 0.3) is 0 Å². The molecule has 2 aromatic rings. The molecule has 0 aliphatic rings. The van der Waals surface area contributed by atoms with E-state index in [1.807, 2.05) is 30.3 Å². The molecule has 0 saturated carbocycles. The van der Waals surface area contributed by atoms with Crippen LogP contribution < -0.4 is 4.90 Å². The zero-order valence-corrected chi connectivity index (χ0v) is 12.3.